The van der Waals surface area contributed by atoms with Gasteiger partial charge >= 0.3 is 0 Å². The minimum Gasteiger partial charge on any atom is -0.342 e. The van der Waals surface area contributed by atoms with Crippen LogP contribution in [0.3, 0.4) is 0 Å². The average molecular weight is 215 g/mol. The molecule has 1 N–H and O–H groups in total. The maximum atomic E-state index is 4.03. The van der Waals surface area contributed by atoms with Crippen LogP contribution in [0.15, 0.2) is 25.4 Å². The summed E-state index contributed by atoms with van der Waals surface area (Å²) in [6.07, 6.45) is 6.15. The number of halogens is 1. The molecular weight excluding hydrogens is 204 g/mol. The maximum Gasteiger partial charge on any atom is 0.129 e. The predicted molar refractivity (Wildman–Crippen MR) is 52.9 cm³/mol. The number of hydrogen-bond donors (Lipinski definition) is 1. The second-order valence-corrected chi connectivity index (χ2v) is 1.99. The van der Waals surface area contributed by atoms with E-state index in [1.807, 2.05) is 6.08 Å². The van der Waals surface area contributed by atoms with E-state index in [-0.39, 0.29) is 17.0 Å². The molecule has 11 heavy (non-hydrogen) atoms. The highest BCUT2D eigenvalue weighted by atomic mass is 79.9. The summed E-state index contributed by atoms with van der Waals surface area (Å²) in [6.45, 7) is 7.20. The molecule has 0 aliphatic rings. The van der Waals surface area contributed by atoms with Crippen LogP contribution < -0.4 is 0 Å². The SMILES string of the molecule is Br.C=CCc1cnc(C=C)[nH]1. The number of nitrogens with one attached hydrogen (secondary N) is 1. The van der Waals surface area contributed by atoms with Gasteiger partial charge < -0.3 is 4.98 Å². The largest absolute Gasteiger partial charge is 0.342 e. The number of aromatic nitrogens is 2. The summed E-state index contributed by atoms with van der Waals surface area (Å²) in [4.78, 5) is 7.10. The molecule has 0 spiro atoms. The van der Waals surface area contributed by atoms with Crippen molar-refractivity contribution in [2.75, 3.05) is 0 Å². The van der Waals surface area contributed by atoms with Gasteiger partial charge in [-0.25, -0.2) is 4.98 Å². The Morgan fingerprint density at radius 2 is 2.27 bits per heavy atom. The first-order valence-corrected chi connectivity index (χ1v) is 3.14. The Bertz CT molecular complexity index is 240. The van der Waals surface area contributed by atoms with Gasteiger partial charge in [-0.1, -0.05) is 12.7 Å². The van der Waals surface area contributed by atoms with Gasteiger partial charge in [-0.3, -0.25) is 0 Å². The predicted octanol–water partition coefficient (Wildman–Crippen LogP) is 2.36. The molecule has 0 unspecified atom stereocenters. The van der Waals surface area contributed by atoms with E-state index < -0.39 is 0 Å². The van der Waals surface area contributed by atoms with Gasteiger partial charge in [0.1, 0.15) is 5.82 Å². The van der Waals surface area contributed by atoms with E-state index in [9.17, 15) is 0 Å². The van der Waals surface area contributed by atoms with E-state index in [0.717, 1.165) is 17.9 Å². The lowest BCUT2D eigenvalue weighted by atomic mass is 10.3. The van der Waals surface area contributed by atoms with E-state index in [1.165, 1.54) is 0 Å². The first-order chi connectivity index (χ1) is 4.86. The van der Waals surface area contributed by atoms with Crippen LogP contribution in [0.5, 0.6) is 0 Å². The van der Waals surface area contributed by atoms with Crippen molar-refractivity contribution in [1.29, 1.82) is 0 Å². The summed E-state index contributed by atoms with van der Waals surface area (Å²) in [5.74, 6) is 0.817. The van der Waals surface area contributed by atoms with Crippen molar-refractivity contribution in [3.05, 3.63) is 36.9 Å². The highest BCUT2D eigenvalue weighted by molar-refractivity contribution is 8.93. The smallest absolute Gasteiger partial charge is 0.129 e. The zero-order chi connectivity index (χ0) is 7.40. The molecule has 0 bridgehead atoms. The van der Waals surface area contributed by atoms with Gasteiger partial charge in [-0.15, -0.1) is 23.6 Å². The van der Waals surface area contributed by atoms with Crippen LogP contribution in [0.2, 0.25) is 0 Å². The first-order valence-electron chi connectivity index (χ1n) is 3.14. The minimum atomic E-state index is 0. The minimum absolute atomic E-state index is 0. The zero-order valence-electron chi connectivity index (χ0n) is 6.21. The fourth-order valence-electron chi connectivity index (χ4n) is 0.739. The van der Waals surface area contributed by atoms with Gasteiger partial charge in [0.05, 0.1) is 0 Å². The lowest BCUT2D eigenvalue weighted by Gasteiger charge is -1.84. The topological polar surface area (TPSA) is 28.7 Å². The highest BCUT2D eigenvalue weighted by Gasteiger charge is 1.92. The Balaban J connectivity index is 0.000001000. The molecule has 0 saturated heterocycles. The Hall–Kier alpha value is -0.830. The number of nitrogens with zero attached hydrogens (tertiary/aromatic N) is 1. The number of aromatic amines is 1. The molecule has 0 aromatic carbocycles. The molecule has 2 nitrogen and oxygen atoms in total. The summed E-state index contributed by atoms with van der Waals surface area (Å²) >= 11 is 0. The van der Waals surface area contributed by atoms with Gasteiger partial charge in [0.15, 0.2) is 0 Å². The van der Waals surface area contributed by atoms with Crippen LogP contribution >= 0.6 is 17.0 Å². The van der Waals surface area contributed by atoms with Crippen LogP contribution in [0, 0.1) is 0 Å². The Labute approximate surface area is 76.8 Å². The van der Waals surface area contributed by atoms with Crippen molar-refractivity contribution in [3.63, 3.8) is 0 Å². The van der Waals surface area contributed by atoms with Gasteiger partial charge in [0, 0.05) is 18.3 Å². The first kappa shape index (κ1) is 10.2. The van der Waals surface area contributed by atoms with Gasteiger partial charge in [-0.05, 0) is 6.08 Å². The standard InChI is InChI=1S/C8H10N2.BrH/c1-3-5-7-6-9-8(4-2)10-7;/h3-4,6H,1-2,5H2,(H,9,10);1H. The van der Waals surface area contributed by atoms with Crippen molar-refractivity contribution in [2.45, 2.75) is 6.42 Å². The summed E-state index contributed by atoms with van der Waals surface area (Å²) < 4.78 is 0. The Morgan fingerprint density at radius 3 is 2.73 bits per heavy atom. The Kier molecular flexibility index (Phi) is 4.54. The van der Waals surface area contributed by atoms with Crippen LogP contribution in [0.1, 0.15) is 11.5 Å². The quantitative estimate of drug-likeness (QED) is 0.770. The van der Waals surface area contributed by atoms with E-state index in [1.54, 1.807) is 12.3 Å². The number of imidazole rings is 1. The average Bonchev–Trinajstić information content (AvgIpc) is 2.37. The lowest BCUT2D eigenvalue weighted by molar-refractivity contribution is 1.14. The molecule has 0 fully saturated rings. The number of rotatable bonds is 3. The van der Waals surface area contributed by atoms with Gasteiger partial charge in [0.2, 0.25) is 0 Å². The molecule has 0 aliphatic heterocycles. The normalized spacial score (nSPS) is 8.36. The lowest BCUT2D eigenvalue weighted by Crippen LogP contribution is -1.78. The van der Waals surface area contributed by atoms with E-state index in [4.69, 9.17) is 0 Å². The number of allylic oxidation sites excluding steroid dienone is 1. The van der Waals surface area contributed by atoms with Crippen molar-refractivity contribution in [3.8, 4) is 0 Å². The monoisotopic (exact) mass is 214 g/mol. The molecule has 60 valence electrons. The van der Waals surface area contributed by atoms with E-state index >= 15 is 0 Å². The molecule has 1 aromatic rings. The van der Waals surface area contributed by atoms with Crippen LogP contribution in [0.4, 0.5) is 0 Å². The van der Waals surface area contributed by atoms with Crippen LogP contribution in [-0.4, -0.2) is 9.97 Å². The summed E-state index contributed by atoms with van der Waals surface area (Å²) in [5, 5.41) is 0. The van der Waals surface area contributed by atoms with E-state index in [2.05, 4.69) is 23.1 Å². The summed E-state index contributed by atoms with van der Waals surface area (Å²) in [6, 6.07) is 0. The Morgan fingerprint density at radius 1 is 1.55 bits per heavy atom. The summed E-state index contributed by atoms with van der Waals surface area (Å²) in [7, 11) is 0. The van der Waals surface area contributed by atoms with Gasteiger partial charge in [-0.2, -0.15) is 0 Å². The molecule has 0 radical (unpaired) electrons. The maximum absolute atomic E-state index is 4.03. The number of H-pyrrole nitrogens is 1. The van der Waals surface area contributed by atoms with Crippen molar-refractivity contribution >= 4 is 23.1 Å². The second kappa shape index (κ2) is 4.91. The fraction of sp³-hybridized carbons (Fsp3) is 0.125. The number of hydrogen-bond acceptors (Lipinski definition) is 1. The molecule has 3 heteroatoms. The second-order valence-electron chi connectivity index (χ2n) is 1.99. The van der Waals surface area contributed by atoms with Crippen LogP contribution in [-0.2, 0) is 6.42 Å². The highest BCUT2D eigenvalue weighted by Crippen LogP contribution is 1.98. The molecule has 0 amide bonds. The molecular formula is C8H11BrN2. The molecule has 1 aromatic heterocycles. The third-order valence-corrected chi connectivity index (χ3v) is 1.21. The zero-order valence-corrected chi connectivity index (χ0v) is 7.92. The molecule has 1 rings (SSSR count). The molecule has 0 atom stereocenters. The van der Waals surface area contributed by atoms with E-state index in [0.29, 0.717) is 0 Å². The fourth-order valence-corrected chi connectivity index (χ4v) is 0.739. The molecule has 1 heterocycles. The third kappa shape index (κ3) is 2.72. The third-order valence-electron chi connectivity index (χ3n) is 1.21. The molecule has 0 aliphatic carbocycles. The van der Waals surface area contributed by atoms with Crippen molar-refractivity contribution in [2.24, 2.45) is 0 Å². The van der Waals surface area contributed by atoms with Crippen LogP contribution in [0.25, 0.3) is 6.08 Å². The van der Waals surface area contributed by atoms with Gasteiger partial charge in [0.25, 0.3) is 0 Å². The van der Waals surface area contributed by atoms with Crippen molar-refractivity contribution in [1.82, 2.24) is 9.97 Å². The molecule has 0 saturated carbocycles. The van der Waals surface area contributed by atoms with Crippen molar-refractivity contribution < 1.29 is 0 Å². The summed E-state index contributed by atoms with van der Waals surface area (Å²) in [5.41, 5.74) is 1.07.